The van der Waals surface area contributed by atoms with E-state index in [1.165, 1.54) is 0 Å². The Morgan fingerprint density at radius 2 is 2.05 bits per heavy atom. The smallest absolute Gasteiger partial charge is 0.263 e. The average Bonchev–Trinajstić information content (AvgIpc) is 2.53. The topological polar surface area (TPSA) is 58.6 Å². The van der Waals surface area contributed by atoms with Crippen LogP contribution < -0.4 is 10.1 Å². The minimum Gasteiger partial charge on any atom is -0.481 e. The van der Waals surface area contributed by atoms with Crippen molar-refractivity contribution in [3.8, 4) is 5.75 Å². The molecule has 1 N–H and O–H groups in total. The summed E-state index contributed by atoms with van der Waals surface area (Å²) in [6.07, 6.45) is 0.806. The maximum Gasteiger partial charge on any atom is 0.263 e. The molecule has 5 nitrogen and oxygen atoms in total. The molecular formula is C16H21ClN2O3. The fraction of sp³-hybridized carbons (Fsp3) is 0.500. The molecule has 22 heavy (non-hydrogen) atoms. The predicted octanol–water partition coefficient (Wildman–Crippen LogP) is 2.09. The number of carbonyl (C=O) groups is 2. The van der Waals surface area contributed by atoms with Gasteiger partial charge in [0, 0.05) is 31.1 Å². The summed E-state index contributed by atoms with van der Waals surface area (Å²) in [5.74, 6) is 0.567. The van der Waals surface area contributed by atoms with Crippen molar-refractivity contribution in [2.45, 2.75) is 25.9 Å². The lowest BCUT2D eigenvalue weighted by molar-refractivity contribution is -0.141. The number of amides is 2. The highest BCUT2D eigenvalue weighted by atomic mass is 35.5. The normalized spacial score (nSPS) is 17.0. The van der Waals surface area contributed by atoms with Gasteiger partial charge < -0.3 is 15.0 Å². The number of nitrogens with one attached hydrogen (secondary N) is 1. The van der Waals surface area contributed by atoms with Crippen LogP contribution in [0.15, 0.2) is 24.3 Å². The SMILES string of the molecule is CNC(=O)C1CCN(C(=O)[C@@H](C)Oc2cccc(Cl)c2)CC1. The second kappa shape index (κ2) is 7.49. The van der Waals surface area contributed by atoms with Crippen LogP contribution in [0.4, 0.5) is 0 Å². The van der Waals surface area contributed by atoms with Crippen molar-refractivity contribution in [1.29, 1.82) is 0 Å². The molecule has 1 fully saturated rings. The monoisotopic (exact) mass is 324 g/mol. The Kier molecular flexibility index (Phi) is 5.66. The lowest BCUT2D eigenvalue weighted by Gasteiger charge is -2.32. The van der Waals surface area contributed by atoms with E-state index in [0.717, 1.165) is 0 Å². The second-order valence-electron chi connectivity index (χ2n) is 5.43. The van der Waals surface area contributed by atoms with E-state index in [4.69, 9.17) is 16.3 Å². The molecule has 0 radical (unpaired) electrons. The Morgan fingerprint density at radius 1 is 1.36 bits per heavy atom. The highest BCUT2D eigenvalue weighted by Gasteiger charge is 2.29. The molecule has 0 bridgehead atoms. The summed E-state index contributed by atoms with van der Waals surface area (Å²) < 4.78 is 5.65. The van der Waals surface area contributed by atoms with Gasteiger partial charge >= 0.3 is 0 Å². The summed E-state index contributed by atoms with van der Waals surface area (Å²) in [6, 6.07) is 6.99. The van der Waals surface area contributed by atoms with Crippen molar-refractivity contribution >= 4 is 23.4 Å². The molecule has 1 atom stereocenters. The van der Waals surface area contributed by atoms with Crippen LogP contribution in [0.25, 0.3) is 0 Å². The molecule has 2 rings (SSSR count). The summed E-state index contributed by atoms with van der Waals surface area (Å²) in [5.41, 5.74) is 0. The average molecular weight is 325 g/mol. The zero-order chi connectivity index (χ0) is 16.1. The molecule has 2 amide bonds. The van der Waals surface area contributed by atoms with Crippen molar-refractivity contribution in [3.05, 3.63) is 29.3 Å². The summed E-state index contributed by atoms with van der Waals surface area (Å²) in [6.45, 7) is 2.90. The van der Waals surface area contributed by atoms with Crippen molar-refractivity contribution in [3.63, 3.8) is 0 Å². The first kappa shape index (κ1) is 16.6. The van der Waals surface area contributed by atoms with Gasteiger partial charge in [-0.3, -0.25) is 9.59 Å². The van der Waals surface area contributed by atoms with Gasteiger partial charge in [0.15, 0.2) is 6.10 Å². The van der Waals surface area contributed by atoms with Crippen LogP contribution in [-0.2, 0) is 9.59 Å². The number of benzene rings is 1. The minimum absolute atomic E-state index is 0.00166. The molecular weight excluding hydrogens is 304 g/mol. The van der Waals surface area contributed by atoms with Crippen LogP contribution in [0.1, 0.15) is 19.8 Å². The number of likely N-dealkylation sites (tertiary alicyclic amines) is 1. The molecule has 1 aromatic rings. The second-order valence-corrected chi connectivity index (χ2v) is 5.87. The minimum atomic E-state index is -0.574. The van der Waals surface area contributed by atoms with Crippen LogP contribution in [0.3, 0.4) is 0 Å². The molecule has 1 saturated heterocycles. The third-order valence-corrected chi connectivity index (χ3v) is 4.12. The molecule has 1 heterocycles. The van der Waals surface area contributed by atoms with Crippen LogP contribution in [0.2, 0.25) is 5.02 Å². The maximum atomic E-state index is 12.4. The fourth-order valence-electron chi connectivity index (χ4n) is 2.62. The van der Waals surface area contributed by atoms with E-state index in [1.807, 2.05) is 0 Å². The molecule has 1 aliphatic rings. The zero-order valence-corrected chi connectivity index (χ0v) is 13.6. The van der Waals surface area contributed by atoms with Crippen LogP contribution in [-0.4, -0.2) is 43.0 Å². The lowest BCUT2D eigenvalue weighted by atomic mass is 9.96. The Bertz CT molecular complexity index is 542. The Morgan fingerprint density at radius 3 is 2.64 bits per heavy atom. The van der Waals surface area contributed by atoms with Crippen molar-refractivity contribution in [1.82, 2.24) is 10.2 Å². The first-order chi connectivity index (χ1) is 10.5. The summed E-state index contributed by atoms with van der Waals surface area (Å²) in [7, 11) is 1.64. The quantitative estimate of drug-likeness (QED) is 0.922. The molecule has 0 aliphatic carbocycles. The van der Waals surface area contributed by atoms with Crippen molar-refractivity contribution in [2.24, 2.45) is 5.92 Å². The molecule has 1 aliphatic heterocycles. The van der Waals surface area contributed by atoms with Crippen molar-refractivity contribution in [2.75, 3.05) is 20.1 Å². The van der Waals surface area contributed by atoms with Gasteiger partial charge in [0.25, 0.3) is 5.91 Å². The van der Waals surface area contributed by atoms with Gasteiger partial charge in [-0.15, -0.1) is 0 Å². The van der Waals surface area contributed by atoms with Gasteiger partial charge in [-0.2, -0.15) is 0 Å². The van der Waals surface area contributed by atoms with Gasteiger partial charge in [0.2, 0.25) is 5.91 Å². The largest absolute Gasteiger partial charge is 0.481 e. The summed E-state index contributed by atoms with van der Waals surface area (Å²) in [5, 5.41) is 3.23. The van der Waals surface area contributed by atoms with Gasteiger partial charge in [-0.1, -0.05) is 17.7 Å². The maximum absolute atomic E-state index is 12.4. The highest BCUT2D eigenvalue weighted by Crippen LogP contribution is 2.21. The first-order valence-corrected chi connectivity index (χ1v) is 7.81. The third-order valence-electron chi connectivity index (χ3n) is 3.88. The summed E-state index contributed by atoms with van der Waals surface area (Å²) in [4.78, 5) is 25.8. The number of hydrogen-bond donors (Lipinski definition) is 1. The van der Waals surface area contributed by atoms with Crippen LogP contribution in [0.5, 0.6) is 5.75 Å². The number of halogens is 1. The van der Waals surface area contributed by atoms with Crippen LogP contribution >= 0.6 is 11.6 Å². The Labute approximate surface area is 135 Å². The van der Waals surface area contributed by atoms with E-state index < -0.39 is 6.10 Å². The number of rotatable bonds is 4. The molecule has 6 heteroatoms. The number of carbonyl (C=O) groups excluding carboxylic acids is 2. The number of nitrogens with zero attached hydrogens (tertiary/aromatic N) is 1. The number of piperidine rings is 1. The molecule has 120 valence electrons. The fourth-order valence-corrected chi connectivity index (χ4v) is 2.80. The van der Waals surface area contributed by atoms with E-state index in [1.54, 1.807) is 43.1 Å². The molecule has 0 spiro atoms. The molecule has 0 unspecified atom stereocenters. The zero-order valence-electron chi connectivity index (χ0n) is 12.8. The molecule has 0 aromatic heterocycles. The van der Waals surface area contributed by atoms with E-state index in [9.17, 15) is 9.59 Å². The lowest BCUT2D eigenvalue weighted by Crippen LogP contribution is -2.46. The predicted molar refractivity (Wildman–Crippen MR) is 84.9 cm³/mol. The number of hydrogen-bond acceptors (Lipinski definition) is 3. The van der Waals surface area contributed by atoms with Gasteiger partial charge in [-0.05, 0) is 38.0 Å². The van der Waals surface area contributed by atoms with E-state index in [2.05, 4.69) is 5.32 Å². The Balaban J connectivity index is 1.88. The van der Waals surface area contributed by atoms with Crippen molar-refractivity contribution < 1.29 is 14.3 Å². The Hall–Kier alpha value is -1.75. The highest BCUT2D eigenvalue weighted by molar-refractivity contribution is 6.30. The summed E-state index contributed by atoms with van der Waals surface area (Å²) >= 11 is 5.90. The van der Waals surface area contributed by atoms with Gasteiger partial charge in [0.05, 0.1) is 0 Å². The molecule has 1 aromatic carbocycles. The first-order valence-electron chi connectivity index (χ1n) is 7.44. The van der Waals surface area contributed by atoms with Crippen LogP contribution in [0, 0.1) is 5.92 Å². The van der Waals surface area contributed by atoms with E-state index in [-0.39, 0.29) is 17.7 Å². The standard InChI is InChI=1S/C16H21ClN2O3/c1-11(22-14-5-3-4-13(17)10-14)16(21)19-8-6-12(7-9-19)15(20)18-2/h3-5,10-12H,6-9H2,1-2H3,(H,18,20)/t11-/m1/s1. The van der Waals surface area contributed by atoms with Gasteiger partial charge in [-0.25, -0.2) is 0 Å². The number of ether oxygens (including phenoxy) is 1. The third kappa shape index (κ3) is 4.13. The van der Waals surface area contributed by atoms with E-state index in [0.29, 0.717) is 36.7 Å². The van der Waals surface area contributed by atoms with E-state index >= 15 is 0 Å². The van der Waals surface area contributed by atoms with Gasteiger partial charge in [0.1, 0.15) is 5.75 Å². The molecule has 0 saturated carbocycles.